The van der Waals surface area contributed by atoms with Crippen LogP contribution < -0.4 is 10.1 Å². The Kier molecular flexibility index (Phi) is 5.77. The Morgan fingerprint density at radius 1 is 1.12 bits per heavy atom. The molecule has 0 fully saturated rings. The lowest BCUT2D eigenvalue weighted by molar-refractivity contribution is 0.117. The Morgan fingerprint density at radius 2 is 1.96 bits per heavy atom. The van der Waals surface area contributed by atoms with E-state index in [1.807, 2.05) is 18.2 Å². The van der Waals surface area contributed by atoms with Gasteiger partial charge in [0.25, 0.3) is 0 Å². The number of nitrogens with zero attached hydrogens (tertiary/aromatic N) is 3. The van der Waals surface area contributed by atoms with Crippen LogP contribution in [0.15, 0.2) is 61.1 Å². The van der Waals surface area contributed by atoms with Gasteiger partial charge in [-0.05, 0) is 42.5 Å². The highest BCUT2D eigenvalue weighted by atomic mass is 35.5. The SMILES string of the molecule is OC(CNc1nccc(-c2cccnc2)n1)COc1ccc(Cl)cc1. The van der Waals surface area contributed by atoms with Crippen LogP contribution in [-0.4, -0.2) is 39.3 Å². The van der Waals surface area contributed by atoms with Gasteiger partial charge in [-0.2, -0.15) is 0 Å². The molecular formula is C18H17ClN4O2. The van der Waals surface area contributed by atoms with Gasteiger partial charge in [-0.25, -0.2) is 9.97 Å². The number of rotatable bonds is 7. The van der Waals surface area contributed by atoms with E-state index in [0.717, 1.165) is 11.3 Å². The Balaban J connectivity index is 1.52. The highest BCUT2D eigenvalue weighted by Gasteiger charge is 2.07. The summed E-state index contributed by atoms with van der Waals surface area (Å²) in [6, 6.07) is 12.6. The maximum Gasteiger partial charge on any atom is 0.223 e. The number of hydrogen-bond donors (Lipinski definition) is 2. The summed E-state index contributed by atoms with van der Waals surface area (Å²) in [6.07, 6.45) is 4.40. The van der Waals surface area contributed by atoms with Gasteiger partial charge in [0.2, 0.25) is 5.95 Å². The molecule has 0 aliphatic heterocycles. The van der Waals surface area contributed by atoms with Gasteiger partial charge < -0.3 is 15.2 Å². The molecule has 2 N–H and O–H groups in total. The number of hydrogen-bond acceptors (Lipinski definition) is 6. The highest BCUT2D eigenvalue weighted by Crippen LogP contribution is 2.17. The second kappa shape index (κ2) is 8.41. The zero-order valence-electron chi connectivity index (χ0n) is 13.3. The third-order valence-corrected chi connectivity index (χ3v) is 3.62. The first kappa shape index (κ1) is 17.1. The molecule has 0 saturated heterocycles. The standard InChI is InChI=1S/C18H17ClN4O2/c19-14-3-5-16(6-4-14)25-12-15(24)11-22-18-21-9-7-17(23-18)13-2-1-8-20-10-13/h1-10,15,24H,11-12H2,(H,21,22,23). The molecule has 0 radical (unpaired) electrons. The molecule has 128 valence electrons. The lowest BCUT2D eigenvalue weighted by Gasteiger charge is -2.13. The van der Waals surface area contributed by atoms with Gasteiger partial charge in [0.05, 0.1) is 5.69 Å². The molecule has 0 bridgehead atoms. The van der Waals surface area contributed by atoms with Gasteiger partial charge in [0.1, 0.15) is 18.5 Å². The van der Waals surface area contributed by atoms with Gasteiger partial charge in [0, 0.05) is 35.7 Å². The van der Waals surface area contributed by atoms with Crippen LogP contribution in [-0.2, 0) is 0 Å². The third kappa shape index (κ3) is 5.14. The first-order valence-corrected chi connectivity index (χ1v) is 8.12. The van der Waals surface area contributed by atoms with Crippen molar-refractivity contribution in [3.8, 4) is 17.0 Å². The van der Waals surface area contributed by atoms with Gasteiger partial charge in [-0.3, -0.25) is 4.98 Å². The molecule has 2 heterocycles. The van der Waals surface area contributed by atoms with Crippen LogP contribution in [0.1, 0.15) is 0 Å². The fourth-order valence-electron chi connectivity index (χ4n) is 2.11. The average molecular weight is 357 g/mol. The first-order valence-electron chi connectivity index (χ1n) is 7.74. The van der Waals surface area contributed by atoms with Crippen molar-refractivity contribution >= 4 is 17.5 Å². The fraction of sp³-hybridized carbons (Fsp3) is 0.167. The largest absolute Gasteiger partial charge is 0.491 e. The predicted molar refractivity (Wildman–Crippen MR) is 96.7 cm³/mol. The molecule has 0 aliphatic rings. The number of halogens is 1. The molecule has 0 saturated carbocycles. The van der Waals surface area contributed by atoms with Gasteiger partial charge in [-0.1, -0.05) is 11.6 Å². The summed E-state index contributed by atoms with van der Waals surface area (Å²) in [5.41, 5.74) is 1.66. The van der Waals surface area contributed by atoms with E-state index in [9.17, 15) is 5.11 Å². The van der Waals surface area contributed by atoms with Crippen LogP contribution in [0.2, 0.25) is 5.02 Å². The Hall–Kier alpha value is -2.70. The predicted octanol–water partition coefficient (Wildman–Crippen LogP) is 3.04. The molecule has 1 atom stereocenters. The minimum absolute atomic E-state index is 0.150. The van der Waals surface area contributed by atoms with E-state index in [-0.39, 0.29) is 13.2 Å². The van der Waals surface area contributed by atoms with Crippen molar-refractivity contribution in [2.75, 3.05) is 18.5 Å². The minimum atomic E-state index is -0.707. The number of aliphatic hydroxyl groups is 1. The van der Waals surface area contributed by atoms with E-state index in [1.165, 1.54) is 0 Å². The second-order valence-corrected chi connectivity index (χ2v) is 5.74. The normalized spacial score (nSPS) is 11.8. The first-order chi connectivity index (χ1) is 12.2. The summed E-state index contributed by atoms with van der Waals surface area (Å²) >= 11 is 5.82. The zero-order valence-corrected chi connectivity index (χ0v) is 14.1. The monoisotopic (exact) mass is 356 g/mol. The molecule has 0 amide bonds. The number of pyridine rings is 1. The van der Waals surface area contributed by atoms with Gasteiger partial charge in [0.15, 0.2) is 0 Å². The second-order valence-electron chi connectivity index (χ2n) is 5.31. The molecule has 2 aromatic heterocycles. The van der Waals surface area contributed by atoms with Gasteiger partial charge >= 0.3 is 0 Å². The van der Waals surface area contributed by atoms with Crippen LogP contribution >= 0.6 is 11.6 Å². The number of anilines is 1. The minimum Gasteiger partial charge on any atom is -0.491 e. The maximum absolute atomic E-state index is 10.0. The van der Waals surface area contributed by atoms with E-state index in [0.29, 0.717) is 16.7 Å². The zero-order chi connectivity index (χ0) is 17.5. The van der Waals surface area contributed by atoms with Crippen molar-refractivity contribution in [1.29, 1.82) is 0 Å². The van der Waals surface area contributed by atoms with Crippen LogP contribution in [0.3, 0.4) is 0 Å². The van der Waals surface area contributed by atoms with Crippen molar-refractivity contribution in [3.05, 3.63) is 66.1 Å². The molecule has 1 aromatic carbocycles. The van der Waals surface area contributed by atoms with Crippen molar-refractivity contribution in [1.82, 2.24) is 15.0 Å². The van der Waals surface area contributed by atoms with Crippen molar-refractivity contribution < 1.29 is 9.84 Å². The third-order valence-electron chi connectivity index (χ3n) is 3.36. The summed E-state index contributed by atoms with van der Waals surface area (Å²) < 4.78 is 5.51. The number of aromatic nitrogens is 3. The summed E-state index contributed by atoms with van der Waals surface area (Å²) in [5, 5.41) is 13.7. The maximum atomic E-state index is 10.0. The van der Waals surface area contributed by atoms with Gasteiger partial charge in [-0.15, -0.1) is 0 Å². The molecule has 7 heteroatoms. The molecule has 3 rings (SSSR count). The van der Waals surface area contributed by atoms with E-state index in [2.05, 4.69) is 20.3 Å². The highest BCUT2D eigenvalue weighted by molar-refractivity contribution is 6.30. The Bertz CT molecular complexity index is 800. The van der Waals surface area contributed by atoms with Crippen molar-refractivity contribution in [3.63, 3.8) is 0 Å². The lowest BCUT2D eigenvalue weighted by Crippen LogP contribution is -2.27. The molecule has 0 spiro atoms. The summed E-state index contributed by atoms with van der Waals surface area (Å²) in [6.45, 7) is 0.418. The Labute approximate surface area is 150 Å². The van der Waals surface area contributed by atoms with E-state index in [4.69, 9.17) is 16.3 Å². The molecule has 1 unspecified atom stereocenters. The fourth-order valence-corrected chi connectivity index (χ4v) is 2.24. The number of benzene rings is 1. The summed E-state index contributed by atoms with van der Waals surface area (Å²) in [5.74, 6) is 1.09. The topological polar surface area (TPSA) is 80.2 Å². The Morgan fingerprint density at radius 3 is 2.72 bits per heavy atom. The van der Waals surface area contributed by atoms with Crippen molar-refractivity contribution in [2.24, 2.45) is 0 Å². The molecule has 6 nitrogen and oxygen atoms in total. The van der Waals surface area contributed by atoms with E-state index < -0.39 is 6.10 Å². The number of ether oxygens (including phenoxy) is 1. The molecule has 25 heavy (non-hydrogen) atoms. The molecule has 0 aliphatic carbocycles. The number of aliphatic hydroxyl groups excluding tert-OH is 1. The van der Waals surface area contributed by atoms with Crippen LogP contribution in [0.25, 0.3) is 11.3 Å². The van der Waals surface area contributed by atoms with E-state index in [1.54, 1.807) is 42.9 Å². The molecule has 3 aromatic rings. The van der Waals surface area contributed by atoms with Crippen LogP contribution in [0, 0.1) is 0 Å². The molecular weight excluding hydrogens is 340 g/mol. The number of nitrogens with one attached hydrogen (secondary N) is 1. The quantitative estimate of drug-likeness (QED) is 0.677. The lowest BCUT2D eigenvalue weighted by atomic mass is 10.2. The summed E-state index contributed by atoms with van der Waals surface area (Å²) in [7, 11) is 0. The smallest absolute Gasteiger partial charge is 0.223 e. The average Bonchev–Trinajstić information content (AvgIpc) is 2.67. The van der Waals surface area contributed by atoms with Crippen LogP contribution in [0.4, 0.5) is 5.95 Å². The summed E-state index contributed by atoms with van der Waals surface area (Å²) in [4.78, 5) is 12.6. The van der Waals surface area contributed by atoms with Crippen LogP contribution in [0.5, 0.6) is 5.75 Å². The van der Waals surface area contributed by atoms with E-state index >= 15 is 0 Å². The van der Waals surface area contributed by atoms with Crippen molar-refractivity contribution in [2.45, 2.75) is 6.10 Å².